The van der Waals surface area contributed by atoms with Gasteiger partial charge in [-0.25, -0.2) is 0 Å². The molecule has 0 N–H and O–H groups in total. The summed E-state index contributed by atoms with van der Waals surface area (Å²) in [6.45, 7) is 7.73. The van der Waals surface area contributed by atoms with Crippen molar-refractivity contribution in [2.75, 3.05) is 6.61 Å². The predicted molar refractivity (Wildman–Crippen MR) is 177 cm³/mol. The van der Waals surface area contributed by atoms with Crippen LogP contribution in [0.25, 0.3) is 0 Å². The van der Waals surface area contributed by atoms with Crippen molar-refractivity contribution < 1.29 is 19.1 Å². The molecule has 0 amide bonds. The zero-order valence-corrected chi connectivity index (χ0v) is 27.3. The SMILES string of the molecule is CCOc1cc(C2C3=C(CCCC3=O)N(Cc3ccccc3)C3=C2C(=O)CCC3)cc(I)c1OCc1cc(C)cc(C)c1. The Kier molecular flexibility index (Phi) is 8.75. The van der Waals surface area contributed by atoms with Gasteiger partial charge in [-0.3, -0.25) is 9.59 Å². The minimum atomic E-state index is -0.390. The number of hydrogen-bond donors (Lipinski definition) is 0. The number of Topliss-reactive ketones (excluding diaryl/α,β-unsaturated/α-hetero) is 2. The Morgan fingerprint density at radius 2 is 1.42 bits per heavy atom. The number of aryl methyl sites for hydroxylation is 2. The third kappa shape index (κ3) is 6.03. The van der Waals surface area contributed by atoms with E-state index in [2.05, 4.69) is 77.7 Å². The first kappa shape index (κ1) is 29.7. The van der Waals surface area contributed by atoms with Crippen LogP contribution in [0, 0.1) is 17.4 Å². The number of allylic oxidation sites excluding steroid dienone is 4. The third-order valence-electron chi connectivity index (χ3n) is 8.60. The molecule has 2 aliphatic carbocycles. The van der Waals surface area contributed by atoms with Gasteiger partial charge in [-0.2, -0.15) is 0 Å². The number of halogens is 1. The van der Waals surface area contributed by atoms with Gasteiger partial charge in [-0.15, -0.1) is 0 Å². The highest BCUT2D eigenvalue weighted by Gasteiger charge is 2.43. The van der Waals surface area contributed by atoms with Crippen LogP contribution in [0.5, 0.6) is 11.5 Å². The summed E-state index contributed by atoms with van der Waals surface area (Å²) in [5.41, 5.74) is 9.37. The summed E-state index contributed by atoms with van der Waals surface area (Å²) in [7, 11) is 0. The lowest BCUT2D eigenvalue weighted by atomic mass is 9.71. The van der Waals surface area contributed by atoms with Crippen molar-refractivity contribution in [1.29, 1.82) is 0 Å². The number of ketones is 2. The molecule has 43 heavy (non-hydrogen) atoms. The number of carbonyl (C=O) groups excluding carboxylic acids is 2. The normalized spacial score (nSPS) is 17.3. The first-order chi connectivity index (χ1) is 20.8. The molecule has 0 saturated heterocycles. The van der Waals surface area contributed by atoms with Crippen molar-refractivity contribution in [3.8, 4) is 11.5 Å². The Hall–Kier alpha value is -3.39. The van der Waals surface area contributed by atoms with E-state index in [-0.39, 0.29) is 17.5 Å². The van der Waals surface area contributed by atoms with Crippen LogP contribution in [-0.4, -0.2) is 23.1 Å². The molecule has 0 aromatic heterocycles. The molecule has 222 valence electrons. The molecule has 3 aliphatic rings. The summed E-state index contributed by atoms with van der Waals surface area (Å²) in [6.07, 6.45) is 4.36. The van der Waals surface area contributed by atoms with Crippen LogP contribution in [0.15, 0.2) is 83.2 Å². The number of rotatable bonds is 8. The average Bonchev–Trinajstić information content (AvgIpc) is 2.97. The van der Waals surface area contributed by atoms with E-state index in [1.54, 1.807) is 0 Å². The molecule has 0 saturated carbocycles. The number of benzene rings is 3. The molecule has 0 unspecified atom stereocenters. The molecule has 1 aliphatic heterocycles. The van der Waals surface area contributed by atoms with Crippen LogP contribution < -0.4 is 9.47 Å². The Bertz CT molecular complexity index is 1570. The number of carbonyl (C=O) groups is 2. The molecule has 0 bridgehead atoms. The molecule has 0 atom stereocenters. The van der Waals surface area contributed by atoms with Crippen LogP contribution >= 0.6 is 22.6 Å². The Morgan fingerprint density at radius 3 is 2.02 bits per heavy atom. The van der Waals surface area contributed by atoms with Gasteiger partial charge in [0.2, 0.25) is 0 Å². The van der Waals surface area contributed by atoms with Gasteiger partial charge in [0.25, 0.3) is 0 Å². The fourth-order valence-corrected chi connectivity index (χ4v) is 7.75. The smallest absolute Gasteiger partial charge is 0.174 e. The van der Waals surface area contributed by atoms with Gasteiger partial charge in [-0.05, 0) is 97.9 Å². The van der Waals surface area contributed by atoms with Gasteiger partial charge in [0.05, 0.1) is 10.2 Å². The van der Waals surface area contributed by atoms with Gasteiger partial charge in [0.1, 0.15) is 6.61 Å². The van der Waals surface area contributed by atoms with Crippen molar-refractivity contribution in [3.63, 3.8) is 0 Å². The monoisotopic (exact) mass is 687 g/mol. The van der Waals surface area contributed by atoms with Crippen molar-refractivity contribution in [3.05, 3.63) is 115 Å². The van der Waals surface area contributed by atoms with E-state index < -0.39 is 0 Å². The third-order valence-corrected chi connectivity index (χ3v) is 9.40. The number of ether oxygens (including phenoxy) is 2. The fraction of sp³-hybridized carbons (Fsp3) is 0.351. The van der Waals surface area contributed by atoms with Gasteiger partial charge in [-0.1, -0.05) is 59.7 Å². The van der Waals surface area contributed by atoms with E-state index >= 15 is 0 Å². The zero-order chi connectivity index (χ0) is 30.1. The molecule has 5 nitrogen and oxygen atoms in total. The van der Waals surface area contributed by atoms with Crippen molar-refractivity contribution in [2.45, 2.75) is 78.4 Å². The molecule has 0 radical (unpaired) electrons. The summed E-state index contributed by atoms with van der Waals surface area (Å²) in [5.74, 6) is 1.25. The predicted octanol–water partition coefficient (Wildman–Crippen LogP) is 8.50. The highest BCUT2D eigenvalue weighted by Crippen LogP contribution is 2.51. The second kappa shape index (κ2) is 12.7. The van der Waals surface area contributed by atoms with Crippen LogP contribution in [0.3, 0.4) is 0 Å². The maximum Gasteiger partial charge on any atom is 0.174 e. The second-order valence-electron chi connectivity index (χ2n) is 11.8. The lowest BCUT2D eigenvalue weighted by Gasteiger charge is -2.44. The summed E-state index contributed by atoms with van der Waals surface area (Å²) in [6, 6.07) is 20.9. The van der Waals surface area contributed by atoms with Crippen molar-refractivity contribution >= 4 is 34.2 Å². The maximum atomic E-state index is 13.8. The average molecular weight is 688 g/mol. The summed E-state index contributed by atoms with van der Waals surface area (Å²) < 4.78 is 13.5. The lowest BCUT2D eigenvalue weighted by molar-refractivity contribution is -0.117. The lowest BCUT2D eigenvalue weighted by Crippen LogP contribution is -2.38. The van der Waals surface area contributed by atoms with E-state index in [9.17, 15) is 9.59 Å². The Labute approximate surface area is 268 Å². The molecule has 3 aromatic carbocycles. The minimum absolute atomic E-state index is 0.150. The Balaban J connectivity index is 1.45. The molecule has 0 fully saturated rings. The van der Waals surface area contributed by atoms with E-state index in [0.29, 0.717) is 44.1 Å². The van der Waals surface area contributed by atoms with Crippen LogP contribution in [0.1, 0.15) is 79.2 Å². The van der Waals surface area contributed by atoms with E-state index in [4.69, 9.17) is 9.47 Å². The molecule has 6 heteroatoms. The highest BCUT2D eigenvalue weighted by molar-refractivity contribution is 14.1. The number of hydrogen-bond acceptors (Lipinski definition) is 5. The Morgan fingerprint density at radius 1 is 0.791 bits per heavy atom. The van der Waals surface area contributed by atoms with Gasteiger partial charge in [0, 0.05) is 47.8 Å². The minimum Gasteiger partial charge on any atom is -0.490 e. The van der Waals surface area contributed by atoms with E-state index in [1.165, 1.54) is 16.7 Å². The highest BCUT2D eigenvalue weighted by atomic mass is 127. The standard InChI is InChI=1S/C37H38INO4/c1-4-42-33-20-27(19-28(38)37(33)43-22-26-17-23(2)16-24(3)18-26)34-35-29(12-8-14-31(35)40)39(21-25-10-6-5-7-11-25)30-13-9-15-32(41)36(30)34/h5-7,10-11,16-20,34H,4,8-9,12-15,21-22H2,1-3H3. The second-order valence-corrected chi connectivity index (χ2v) is 13.0. The van der Waals surface area contributed by atoms with Crippen LogP contribution in [0.2, 0.25) is 0 Å². The van der Waals surface area contributed by atoms with Crippen LogP contribution in [-0.2, 0) is 22.7 Å². The first-order valence-corrected chi connectivity index (χ1v) is 16.4. The molecular weight excluding hydrogens is 649 g/mol. The van der Waals surface area contributed by atoms with E-state index in [0.717, 1.165) is 62.9 Å². The van der Waals surface area contributed by atoms with Crippen LogP contribution in [0.4, 0.5) is 0 Å². The molecule has 1 heterocycles. The van der Waals surface area contributed by atoms with Crippen molar-refractivity contribution in [2.24, 2.45) is 0 Å². The van der Waals surface area contributed by atoms with Gasteiger partial charge >= 0.3 is 0 Å². The zero-order valence-electron chi connectivity index (χ0n) is 25.2. The number of nitrogens with zero attached hydrogens (tertiary/aromatic N) is 1. The first-order valence-electron chi connectivity index (χ1n) is 15.3. The molecular formula is C37H38INO4. The summed E-state index contributed by atoms with van der Waals surface area (Å²) >= 11 is 2.31. The van der Waals surface area contributed by atoms with Gasteiger partial charge in [0.15, 0.2) is 23.1 Å². The van der Waals surface area contributed by atoms with Crippen molar-refractivity contribution in [1.82, 2.24) is 4.90 Å². The van der Waals surface area contributed by atoms with Gasteiger partial charge < -0.3 is 14.4 Å². The fourth-order valence-electron chi connectivity index (χ4n) is 6.97. The summed E-state index contributed by atoms with van der Waals surface area (Å²) in [5, 5.41) is 0. The topological polar surface area (TPSA) is 55.8 Å². The molecule has 6 rings (SSSR count). The largest absolute Gasteiger partial charge is 0.490 e. The van der Waals surface area contributed by atoms with E-state index in [1.807, 2.05) is 31.2 Å². The quantitative estimate of drug-likeness (QED) is 0.223. The molecule has 3 aromatic rings. The molecule has 0 spiro atoms. The maximum absolute atomic E-state index is 13.8. The summed E-state index contributed by atoms with van der Waals surface area (Å²) in [4.78, 5) is 29.9.